The molecule has 0 unspecified atom stereocenters. The quantitative estimate of drug-likeness (QED) is 0.0387. The van der Waals surface area contributed by atoms with Crippen molar-refractivity contribution in [2.24, 2.45) is 22.9 Å². The van der Waals surface area contributed by atoms with E-state index in [1.165, 1.54) is 4.31 Å². The molecule has 3 aromatic carbocycles. The summed E-state index contributed by atoms with van der Waals surface area (Å²) in [5.74, 6) is -0.868. The lowest BCUT2D eigenvalue weighted by Crippen LogP contribution is -2.69. The fourth-order valence-electron chi connectivity index (χ4n) is 9.75. The molecule has 0 radical (unpaired) electrons. The molecule has 1 aromatic heterocycles. The molecule has 0 bridgehead atoms. The van der Waals surface area contributed by atoms with Gasteiger partial charge < -0.3 is 29.3 Å². The Labute approximate surface area is 359 Å². The van der Waals surface area contributed by atoms with Gasteiger partial charge in [-0.1, -0.05) is 78.7 Å². The summed E-state index contributed by atoms with van der Waals surface area (Å²) in [4.78, 5) is 13.1. The molecular formula is C48H58N4O8S. The van der Waals surface area contributed by atoms with Gasteiger partial charge in [0.1, 0.15) is 29.6 Å². The van der Waals surface area contributed by atoms with Gasteiger partial charge in [0.25, 0.3) is 0 Å². The van der Waals surface area contributed by atoms with Crippen molar-refractivity contribution in [1.82, 2.24) is 14.2 Å². The number of hydrogen-bond acceptors (Lipinski definition) is 11. The zero-order valence-corrected chi connectivity index (χ0v) is 35.8. The third-order valence-electron chi connectivity index (χ3n) is 12.8. The van der Waals surface area contributed by atoms with Gasteiger partial charge in [-0.25, -0.2) is 8.42 Å². The van der Waals surface area contributed by atoms with Crippen LogP contribution in [0.25, 0.3) is 10.9 Å². The highest BCUT2D eigenvalue weighted by Gasteiger charge is 2.65. The molecule has 0 spiro atoms. The molecular weight excluding hydrogens is 793 g/mol. The van der Waals surface area contributed by atoms with Crippen LogP contribution in [0.4, 0.5) is 0 Å². The summed E-state index contributed by atoms with van der Waals surface area (Å²) in [5.41, 5.74) is 3.83. The van der Waals surface area contributed by atoms with Gasteiger partial charge in [0.05, 0.1) is 29.8 Å². The average Bonchev–Trinajstić information content (AvgIpc) is 4.11. The van der Waals surface area contributed by atoms with E-state index < -0.39 is 27.8 Å². The van der Waals surface area contributed by atoms with Crippen LogP contribution in [0.2, 0.25) is 0 Å². The summed E-state index contributed by atoms with van der Waals surface area (Å²) in [6, 6.07) is 23.7. The Morgan fingerprint density at radius 1 is 1.00 bits per heavy atom. The Morgan fingerprint density at radius 3 is 2.56 bits per heavy atom. The zero-order valence-electron chi connectivity index (χ0n) is 35.0. The molecule has 324 valence electrons. The molecule has 6 atom stereocenters. The Kier molecular flexibility index (Phi) is 13.5. The third-order valence-corrected chi connectivity index (χ3v) is 14.7. The van der Waals surface area contributed by atoms with Crippen molar-refractivity contribution in [1.29, 1.82) is 0 Å². The lowest BCUT2D eigenvalue weighted by atomic mass is 9.55. The summed E-state index contributed by atoms with van der Waals surface area (Å²) in [6.45, 7) is 8.09. The Bertz CT molecular complexity index is 2310. The normalized spacial score (nSPS) is 25.1. The lowest BCUT2D eigenvalue weighted by Gasteiger charge is -2.59. The van der Waals surface area contributed by atoms with Crippen LogP contribution in [0.15, 0.2) is 119 Å². The maximum Gasteiger partial charge on any atom is 0.245 e. The number of aliphatic hydroxyl groups is 2. The first-order valence-corrected chi connectivity index (χ1v) is 23.1. The van der Waals surface area contributed by atoms with Crippen LogP contribution >= 0.6 is 0 Å². The lowest BCUT2D eigenvalue weighted by molar-refractivity contribution is -0.250. The number of fused-ring (bicyclic) bond motifs is 3. The second kappa shape index (κ2) is 19.2. The highest BCUT2D eigenvalue weighted by molar-refractivity contribution is 7.89. The van der Waals surface area contributed by atoms with Crippen molar-refractivity contribution >= 4 is 26.6 Å². The van der Waals surface area contributed by atoms with E-state index in [0.29, 0.717) is 41.8 Å². The van der Waals surface area contributed by atoms with Crippen LogP contribution in [-0.4, -0.2) is 103 Å². The van der Waals surface area contributed by atoms with E-state index in [1.807, 2.05) is 54.6 Å². The number of aromatic nitrogens is 1. The minimum Gasteiger partial charge on any atom is -0.492 e. The van der Waals surface area contributed by atoms with E-state index in [0.717, 1.165) is 67.8 Å². The molecule has 61 heavy (non-hydrogen) atoms. The molecule has 4 aromatic rings. The number of likely N-dealkylation sites (N-methyl/N-ethyl adjacent to an activating group) is 1. The first-order valence-electron chi connectivity index (χ1n) is 21.7. The van der Waals surface area contributed by atoms with Crippen molar-refractivity contribution in [2.75, 3.05) is 53.1 Å². The smallest absolute Gasteiger partial charge is 0.245 e. The topological polar surface area (TPSA) is 143 Å². The maximum absolute atomic E-state index is 15.2. The van der Waals surface area contributed by atoms with Gasteiger partial charge in [0.2, 0.25) is 15.8 Å². The van der Waals surface area contributed by atoms with Crippen molar-refractivity contribution in [3.63, 3.8) is 0 Å². The van der Waals surface area contributed by atoms with E-state index in [-0.39, 0.29) is 55.5 Å². The second-order valence-electron chi connectivity index (χ2n) is 16.6. The van der Waals surface area contributed by atoms with Gasteiger partial charge in [-0.3, -0.25) is 9.88 Å². The van der Waals surface area contributed by atoms with Crippen molar-refractivity contribution in [3.8, 4) is 11.5 Å². The number of sulfonamides is 1. The van der Waals surface area contributed by atoms with E-state index in [2.05, 4.69) is 28.6 Å². The minimum atomic E-state index is -4.25. The van der Waals surface area contributed by atoms with Gasteiger partial charge in [0.15, 0.2) is 0 Å². The van der Waals surface area contributed by atoms with Gasteiger partial charge in [0, 0.05) is 69.4 Å². The standard InChI is InChI=1S/C48H58N4O8S/c1-3-28-58-48-44(51(2)61(55,56)43-19-11-16-35-17-12-22-49-47(35)43)32-41(50-59-33-34-13-5-4-6-14-34)39-30-36(15-7-9-26-53)38(18-8-10-27-54)45(46(39)48)40-31-37(20-21-42(40)60-48)57-29-25-52-23-24-52/h3-6,11-14,16-17,19-22,30-31,36,38,44-46,53-54H,1,7-10,15,18,23-29,32-33H2,2H3/t36-,38+,44-,45+,46+,48+/m0/s1. The summed E-state index contributed by atoms with van der Waals surface area (Å²) in [6.07, 6.45) is 10.3. The minimum absolute atomic E-state index is 0.0376. The number of nitrogens with zero attached hydrogens (tertiary/aromatic N) is 4. The first kappa shape index (κ1) is 43.0. The fraction of sp³-hybridized carbons (Fsp3) is 0.458. The van der Waals surface area contributed by atoms with Gasteiger partial charge in [-0.15, -0.1) is 6.58 Å². The first-order chi connectivity index (χ1) is 29.8. The molecule has 2 aliphatic heterocycles. The highest BCUT2D eigenvalue weighted by Crippen LogP contribution is 2.62. The second-order valence-corrected chi connectivity index (χ2v) is 18.5. The largest absolute Gasteiger partial charge is 0.492 e. The number of hydrogen-bond donors (Lipinski definition) is 2. The number of rotatable bonds is 21. The molecule has 2 fully saturated rings. The summed E-state index contributed by atoms with van der Waals surface area (Å²) in [5, 5.41) is 25.5. The number of para-hydroxylation sites is 1. The van der Waals surface area contributed by atoms with Gasteiger partial charge in [-0.2, -0.15) is 4.31 Å². The number of benzene rings is 3. The highest BCUT2D eigenvalue weighted by atomic mass is 32.2. The maximum atomic E-state index is 15.2. The zero-order chi connectivity index (χ0) is 42.4. The number of oxime groups is 1. The van der Waals surface area contributed by atoms with Gasteiger partial charge >= 0.3 is 0 Å². The number of aliphatic hydroxyl groups excluding tert-OH is 2. The van der Waals surface area contributed by atoms with E-state index in [4.69, 9.17) is 24.2 Å². The molecule has 8 rings (SSSR count). The Morgan fingerprint density at radius 2 is 1.79 bits per heavy atom. The van der Waals surface area contributed by atoms with Crippen LogP contribution in [0.5, 0.6) is 11.5 Å². The SMILES string of the molecule is C=CCO[C@@]12Oc3ccc(OCCN4CC4)cc3[C@H]3[C@H](CCCCO)[C@@H](CCCCO)C=C(C(=NOCc4ccccc4)C[C@@H]1N(C)S(=O)(=O)c1cccc4cccnc14)[C@H]32. The number of pyridine rings is 1. The van der Waals surface area contributed by atoms with Crippen LogP contribution in [0.1, 0.15) is 62.0 Å². The van der Waals surface area contributed by atoms with Gasteiger partial charge in [-0.05, 0) is 79.0 Å². The molecule has 12 nitrogen and oxygen atoms in total. The predicted octanol–water partition coefficient (Wildman–Crippen LogP) is 7.08. The molecule has 2 N–H and O–H groups in total. The van der Waals surface area contributed by atoms with E-state index in [9.17, 15) is 10.2 Å². The Hall–Kier alpha value is -4.63. The van der Waals surface area contributed by atoms with Crippen LogP contribution in [0.3, 0.4) is 0 Å². The number of unbranched alkanes of at least 4 members (excludes halogenated alkanes) is 2. The number of allylic oxidation sites excluding steroid dienone is 1. The molecule has 3 heterocycles. The molecule has 13 heteroatoms. The summed E-state index contributed by atoms with van der Waals surface area (Å²) in [7, 11) is -2.65. The summed E-state index contributed by atoms with van der Waals surface area (Å²) >= 11 is 0. The van der Waals surface area contributed by atoms with Crippen LogP contribution in [-0.2, 0) is 26.2 Å². The van der Waals surface area contributed by atoms with Crippen molar-refractivity contribution < 1.29 is 37.7 Å². The molecule has 4 aliphatic rings. The monoisotopic (exact) mass is 850 g/mol. The molecule has 2 aliphatic carbocycles. The van der Waals surface area contributed by atoms with Crippen LogP contribution in [0, 0.1) is 17.8 Å². The van der Waals surface area contributed by atoms with E-state index in [1.54, 1.807) is 37.5 Å². The number of ether oxygens (including phenoxy) is 3. The fourth-order valence-corrected chi connectivity index (χ4v) is 11.3. The Balaban J connectivity index is 1.31. The molecule has 1 saturated carbocycles. The van der Waals surface area contributed by atoms with Crippen molar-refractivity contribution in [3.05, 3.63) is 120 Å². The van der Waals surface area contributed by atoms with Crippen LogP contribution < -0.4 is 9.47 Å². The van der Waals surface area contributed by atoms with Crippen molar-refractivity contribution in [2.45, 2.75) is 74.2 Å². The average molecular weight is 851 g/mol. The van der Waals surface area contributed by atoms with E-state index >= 15 is 8.42 Å². The summed E-state index contributed by atoms with van der Waals surface area (Å²) < 4.78 is 52.4. The molecule has 1 saturated heterocycles. The third kappa shape index (κ3) is 9.00. The molecule has 0 amide bonds. The predicted molar refractivity (Wildman–Crippen MR) is 235 cm³/mol.